The van der Waals surface area contributed by atoms with Crippen molar-refractivity contribution in [1.29, 1.82) is 0 Å². The van der Waals surface area contributed by atoms with Crippen LogP contribution in [0.15, 0.2) is 65.7 Å². The van der Waals surface area contributed by atoms with Crippen LogP contribution in [0, 0.1) is 6.92 Å². The van der Waals surface area contributed by atoms with E-state index in [9.17, 15) is 13.2 Å². The summed E-state index contributed by atoms with van der Waals surface area (Å²) in [6, 6.07) is 17.0. The molecule has 33 heavy (non-hydrogen) atoms. The Bertz CT molecular complexity index is 1280. The zero-order valence-corrected chi connectivity index (χ0v) is 19.2. The molecule has 1 fully saturated rings. The van der Waals surface area contributed by atoms with E-state index in [1.165, 1.54) is 0 Å². The number of piperidine rings is 1. The molecule has 2 aromatic carbocycles. The van der Waals surface area contributed by atoms with Gasteiger partial charge in [-0.05, 0) is 72.4 Å². The molecule has 170 valence electrons. The number of benzene rings is 2. The van der Waals surface area contributed by atoms with E-state index in [1.807, 2.05) is 55.6 Å². The van der Waals surface area contributed by atoms with E-state index < -0.39 is 10.0 Å². The molecule has 7 nitrogen and oxygen atoms in total. The quantitative estimate of drug-likeness (QED) is 0.602. The lowest BCUT2D eigenvalue weighted by molar-refractivity contribution is -0.115. The molecule has 8 heteroatoms. The number of carbonyl (C=O) groups is 1. The lowest BCUT2D eigenvalue weighted by Gasteiger charge is -2.32. The molecule has 2 aliphatic rings. The number of hydrogen-bond acceptors (Lipinski definition) is 5. The predicted octanol–water partition coefficient (Wildman–Crippen LogP) is 3.82. The second kappa shape index (κ2) is 8.61. The summed E-state index contributed by atoms with van der Waals surface area (Å²) >= 11 is 0. The third-order valence-electron chi connectivity index (χ3n) is 6.27. The number of anilines is 2. The van der Waals surface area contributed by atoms with Crippen LogP contribution in [-0.4, -0.2) is 42.7 Å². The average Bonchev–Trinajstić information content (AvgIpc) is 3.20. The van der Waals surface area contributed by atoms with Gasteiger partial charge in [0.2, 0.25) is 15.9 Å². The van der Waals surface area contributed by atoms with Crippen molar-refractivity contribution in [3.63, 3.8) is 0 Å². The van der Waals surface area contributed by atoms with Crippen molar-refractivity contribution < 1.29 is 13.2 Å². The Morgan fingerprint density at radius 2 is 1.73 bits per heavy atom. The summed E-state index contributed by atoms with van der Waals surface area (Å²) in [7, 11) is -3.54. The van der Waals surface area contributed by atoms with Crippen LogP contribution in [0.25, 0.3) is 11.1 Å². The highest BCUT2D eigenvalue weighted by Crippen LogP contribution is 2.30. The van der Waals surface area contributed by atoms with Gasteiger partial charge in [-0.15, -0.1) is 0 Å². The minimum atomic E-state index is -3.54. The highest BCUT2D eigenvalue weighted by molar-refractivity contribution is 7.89. The van der Waals surface area contributed by atoms with Crippen molar-refractivity contribution >= 4 is 27.4 Å². The monoisotopic (exact) mass is 462 g/mol. The van der Waals surface area contributed by atoms with Gasteiger partial charge >= 0.3 is 0 Å². The van der Waals surface area contributed by atoms with Crippen molar-refractivity contribution in [1.82, 2.24) is 9.29 Å². The molecule has 1 saturated heterocycles. The van der Waals surface area contributed by atoms with E-state index in [2.05, 4.69) is 15.6 Å². The fourth-order valence-electron chi connectivity index (χ4n) is 4.38. The largest absolute Gasteiger partial charge is 0.367 e. The summed E-state index contributed by atoms with van der Waals surface area (Å²) in [5, 5.41) is 6.24. The van der Waals surface area contributed by atoms with Crippen molar-refractivity contribution in [3.8, 4) is 11.1 Å². The second-order valence-electron chi connectivity index (χ2n) is 8.66. The molecule has 0 bridgehead atoms. The van der Waals surface area contributed by atoms with Gasteiger partial charge < -0.3 is 10.6 Å². The van der Waals surface area contributed by atoms with Crippen LogP contribution in [0.5, 0.6) is 0 Å². The molecule has 3 heterocycles. The van der Waals surface area contributed by atoms with E-state index in [1.54, 1.807) is 16.4 Å². The highest BCUT2D eigenvalue weighted by Gasteiger charge is 2.29. The third kappa shape index (κ3) is 4.49. The molecule has 1 amide bonds. The number of hydrogen-bond donors (Lipinski definition) is 2. The van der Waals surface area contributed by atoms with Crippen LogP contribution in [-0.2, 0) is 21.2 Å². The van der Waals surface area contributed by atoms with Gasteiger partial charge in [-0.2, -0.15) is 4.31 Å². The maximum absolute atomic E-state index is 13.2. The van der Waals surface area contributed by atoms with E-state index in [0.717, 1.165) is 46.6 Å². The number of rotatable bonds is 5. The molecule has 2 aliphatic heterocycles. The maximum atomic E-state index is 13.2. The predicted molar refractivity (Wildman–Crippen MR) is 129 cm³/mol. The summed E-state index contributed by atoms with van der Waals surface area (Å²) in [6.07, 6.45) is 3.66. The Hall–Kier alpha value is -3.23. The van der Waals surface area contributed by atoms with Crippen LogP contribution in [0.4, 0.5) is 11.5 Å². The number of nitrogens with one attached hydrogen (secondary N) is 2. The molecular weight excluding hydrogens is 436 g/mol. The van der Waals surface area contributed by atoms with Gasteiger partial charge in [0, 0.05) is 31.0 Å². The Balaban J connectivity index is 1.24. The van der Waals surface area contributed by atoms with E-state index in [4.69, 9.17) is 0 Å². The Morgan fingerprint density at radius 1 is 1.00 bits per heavy atom. The highest BCUT2D eigenvalue weighted by atomic mass is 32.2. The van der Waals surface area contributed by atoms with Crippen molar-refractivity contribution in [3.05, 3.63) is 71.9 Å². The van der Waals surface area contributed by atoms with E-state index >= 15 is 0 Å². The van der Waals surface area contributed by atoms with E-state index in [0.29, 0.717) is 24.4 Å². The van der Waals surface area contributed by atoms with Crippen LogP contribution < -0.4 is 10.6 Å². The van der Waals surface area contributed by atoms with Crippen LogP contribution in [0.3, 0.4) is 0 Å². The van der Waals surface area contributed by atoms with Crippen LogP contribution in [0.2, 0.25) is 0 Å². The first-order chi connectivity index (χ1) is 15.9. The summed E-state index contributed by atoms with van der Waals surface area (Å²) in [4.78, 5) is 16.3. The molecule has 1 aromatic heterocycles. The summed E-state index contributed by atoms with van der Waals surface area (Å²) in [6.45, 7) is 2.94. The molecule has 5 rings (SSSR count). The standard InChI is InChI=1S/C25H26N4O3S/c1-17-2-9-24(26-16-17)27-21-10-12-29(13-11-21)33(31,32)22-6-3-18(4-7-22)19-5-8-23-20(14-19)15-25(30)28-23/h2-9,14,16,21H,10-13,15H2,1H3,(H,26,27)(H,28,30). The zero-order chi connectivity index (χ0) is 23.0. The lowest BCUT2D eigenvalue weighted by atomic mass is 10.0. The molecule has 0 aliphatic carbocycles. The van der Waals surface area contributed by atoms with Crippen LogP contribution in [0.1, 0.15) is 24.0 Å². The first kappa shape index (κ1) is 21.6. The number of aromatic nitrogens is 1. The number of fused-ring (bicyclic) bond motifs is 1. The number of aryl methyl sites for hydroxylation is 1. The Morgan fingerprint density at radius 3 is 2.42 bits per heavy atom. The molecule has 0 atom stereocenters. The van der Waals surface area contributed by atoms with E-state index in [-0.39, 0.29) is 11.9 Å². The third-order valence-corrected chi connectivity index (χ3v) is 8.19. The average molecular weight is 463 g/mol. The van der Waals surface area contributed by atoms with Gasteiger partial charge in [-0.1, -0.05) is 24.3 Å². The summed E-state index contributed by atoms with van der Waals surface area (Å²) < 4.78 is 27.9. The van der Waals surface area contributed by atoms with Gasteiger partial charge in [0.25, 0.3) is 0 Å². The first-order valence-electron chi connectivity index (χ1n) is 11.1. The topological polar surface area (TPSA) is 91.4 Å². The van der Waals surface area contributed by atoms with Crippen molar-refractivity contribution in [2.75, 3.05) is 23.7 Å². The molecule has 2 N–H and O–H groups in total. The van der Waals surface area contributed by atoms with Gasteiger partial charge in [-0.25, -0.2) is 13.4 Å². The molecule has 0 radical (unpaired) electrons. The fraction of sp³-hybridized carbons (Fsp3) is 0.280. The first-order valence-corrected chi connectivity index (χ1v) is 12.5. The second-order valence-corrected chi connectivity index (χ2v) is 10.6. The van der Waals surface area contributed by atoms with Crippen molar-refractivity contribution in [2.45, 2.75) is 37.1 Å². The number of pyridine rings is 1. The van der Waals surface area contributed by atoms with Crippen LogP contribution >= 0.6 is 0 Å². The molecule has 0 unspecified atom stereocenters. The normalized spacial score (nSPS) is 16.9. The van der Waals surface area contributed by atoms with Gasteiger partial charge in [-0.3, -0.25) is 4.79 Å². The fourth-order valence-corrected chi connectivity index (χ4v) is 5.85. The zero-order valence-electron chi connectivity index (χ0n) is 18.4. The molecule has 0 spiro atoms. The smallest absolute Gasteiger partial charge is 0.243 e. The minimum absolute atomic E-state index is 0.00214. The molecule has 3 aromatic rings. The lowest BCUT2D eigenvalue weighted by Crippen LogP contribution is -2.42. The summed E-state index contributed by atoms with van der Waals surface area (Å²) in [5.41, 5.74) is 4.80. The maximum Gasteiger partial charge on any atom is 0.243 e. The summed E-state index contributed by atoms with van der Waals surface area (Å²) in [5.74, 6) is 0.821. The molecule has 0 saturated carbocycles. The SMILES string of the molecule is Cc1ccc(NC2CCN(S(=O)(=O)c3ccc(-c4ccc5c(c4)CC(=O)N5)cc3)CC2)nc1. The minimum Gasteiger partial charge on any atom is -0.367 e. The Kier molecular flexibility index (Phi) is 5.64. The van der Waals surface area contributed by atoms with Gasteiger partial charge in [0.15, 0.2) is 0 Å². The van der Waals surface area contributed by atoms with Gasteiger partial charge in [0.1, 0.15) is 5.82 Å². The number of amides is 1. The Labute approximate surface area is 193 Å². The number of nitrogens with zero attached hydrogens (tertiary/aromatic N) is 2. The number of sulfonamides is 1. The number of carbonyl (C=O) groups excluding carboxylic acids is 1. The van der Waals surface area contributed by atoms with Crippen molar-refractivity contribution in [2.24, 2.45) is 0 Å². The van der Waals surface area contributed by atoms with Gasteiger partial charge in [0.05, 0.1) is 11.3 Å². The molecular formula is C25H26N4O3S.